The van der Waals surface area contributed by atoms with E-state index in [9.17, 15) is 13.2 Å². The molecular formula is C23H30N2O3S. The van der Waals surface area contributed by atoms with E-state index in [1.54, 1.807) is 24.3 Å². The van der Waals surface area contributed by atoms with E-state index in [2.05, 4.69) is 26.1 Å². The molecule has 1 aliphatic heterocycles. The van der Waals surface area contributed by atoms with E-state index in [1.807, 2.05) is 31.2 Å². The molecule has 1 atom stereocenters. The number of nitrogens with zero attached hydrogens (tertiary/aromatic N) is 1. The SMILES string of the molecule is Cc1ccc(S(=O)(=O)N2CCC[C@@H](C(=O)Nc3ccccc3C(C)(C)C)C2)cc1. The normalized spacial score (nSPS) is 18.4. The first-order valence-corrected chi connectivity index (χ1v) is 11.5. The summed E-state index contributed by atoms with van der Waals surface area (Å²) in [7, 11) is -3.60. The number of rotatable bonds is 4. The Morgan fingerprint density at radius 2 is 1.72 bits per heavy atom. The monoisotopic (exact) mass is 414 g/mol. The summed E-state index contributed by atoms with van der Waals surface area (Å²) in [6, 6.07) is 14.6. The second-order valence-electron chi connectivity index (χ2n) is 8.80. The van der Waals surface area contributed by atoms with Gasteiger partial charge in [0.05, 0.1) is 10.8 Å². The summed E-state index contributed by atoms with van der Waals surface area (Å²) in [6.45, 7) is 8.89. The standard InChI is InChI=1S/C23H30N2O3S/c1-17-11-13-19(14-12-17)29(27,28)25-15-7-8-18(16-25)22(26)24-21-10-6-5-9-20(21)23(2,3)4/h5-6,9-14,18H,7-8,15-16H2,1-4H3,(H,24,26)/t18-/m1/s1. The summed E-state index contributed by atoms with van der Waals surface area (Å²) in [5.74, 6) is -0.484. The van der Waals surface area contributed by atoms with Gasteiger partial charge in [-0.2, -0.15) is 4.31 Å². The molecule has 5 nitrogen and oxygen atoms in total. The van der Waals surface area contributed by atoms with Crippen molar-refractivity contribution in [2.24, 2.45) is 5.92 Å². The number of aryl methyl sites for hydroxylation is 1. The van der Waals surface area contributed by atoms with Gasteiger partial charge >= 0.3 is 0 Å². The number of hydrogen-bond donors (Lipinski definition) is 1. The predicted molar refractivity (Wildman–Crippen MR) is 116 cm³/mol. The molecule has 29 heavy (non-hydrogen) atoms. The maximum Gasteiger partial charge on any atom is 0.243 e. The number of carbonyl (C=O) groups is 1. The van der Waals surface area contributed by atoms with Gasteiger partial charge in [0, 0.05) is 18.8 Å². The van der Waals surface area contributed by atoms with Gasteiger partial charge in [0.15, 0.2) is 0 Å². The molecule has 2 aromatic rings. The van der Waals surface area contributed by atoms with Crippen LogP contribution in [-0.2, 0) is 20.2 Å². The predicted octanol–water partition coefficient (Wildman–Crippen LogP) is 4.33. The lowest BCUT2D eigenvalue weighted by Gasteiger charge is -2.32. The van der Waals surface area contributed by atoms with Gasteiger partial charge < -0.3 is 5.32 Å². The van der Waals surface area contributed by atoms with Crippen molar-refractivity contribution in [2.45, 2.75) is 50.8 Å². The van der Waals surface area contributed by atoms with Crippen LogP contribution in [0.15, 0.2) is 53.4 Å². The van der Waals surface area contributed by atoms with Crippen molar-refractivity contribution >= 4 is 21.6 Å². The number of anilines is 1. The highest BCUT2D eigenvalue weighted by Crippen LogP contribution is 2.30. The van der Waals surface area contributed by atoms with Gasteiger partial charge in [0.2, 0.25) is 15.9 Å². The average molecular weight is 415 g/mol. The number of para-hydroxylation sites is 1. The molecule has 0 saturated carbocycles. The summed E-state index contributed by atoms with van der Waals surface area (Å²) in [5, 5.41) is 3.05. The summed E-state index contributed by atoms with van der Waals surface area (Å²) in [6.07, 6.45) is 1.35. The van der Waals surface area contributed by atoms with Crippen molar-refractivity contribution < 1.29 is 13.2 Å². The summed E-state index contributed by atoms with van der Waals surface area (Å²) in [4.78, 5) is 13.2. The molecular weight excluding hydrogens is 384 g/mol. The van der Waals surface area contributed by atoms with Gasteiger partial charge in [0.25, 0.3) is 0 Å². The van der Waals surface area contributed by atoms with Gasteiger partial charge in [-0.25, -0.2) is 8.42 Å². The van der Waals surface area contributed by atoms with Crippen molar-refractivity contribution in [3.63, 3.8) is 0 Å². The number of sulfonamides is 1. The quantitative estimate of drug-likeness (QED) is 0.810. The highest BCUT2D eigenvalue weighted by molar-refractivity contribution is 7.89. The van der Waals surface area contributed by atoms with Crippen LogP contribution in [-0.4, -0.2) is 31.7 Å². The van der Waals surface area contributed by atoms with E-state index in [0.717, 1.165) is 16.8 Å². The van der Waals surface area contributed by atoms with Crippen LogP contribution >= 0.6 is 0 Å². The second-order valence-corrected chi connectivity index (χ2v) is 10.7. The van der Waals surface area contributed by atoms with E-state index >= 15 is 0 Å². The van der Waals surface area contributed by atoms with Crippen molar-refractivity contribution in [3.8, 4) is 0 Å². The minimum atomic E-state index is -3.60. The number of carbonyl (C=O) groups excluding carboxylic acids is 1. The van der Waals surface area contributed by atoms with Crippen LogP contribution in [0.3, 0.4) is 0 Å². The van der Waals surface area contributed by atoms with Crippen molar-refractivity contribution in [3.05, 3.63) is 59.7 Å². The Bertz CT molecular complexity index is 976. The van der Waals surface area contributed by atoms with Crippen LogP contribution < -0.4 is 5.32 Å². The molecule has 1 amide bonds. The first-order chi connectivity index (χ1) is 13.6. The van der Waals surface area contributed by atoms with Gasteiger partial charge in [-0.1, -0.05) is 56.7 Å². The number of nitrogens with one attached hydrogen (secondary N) is 1. The molecule has 1 fully saturated rings. The summed E-state index contributed by atoms with van der Waals surface area (Å²) >= 11 is 0. The number of piperidine rings is 1. The zero-order valence-corrected chi connectivity index (χ0v) is 18.4. The van der Waals surface area contributed by atoms with E-state index in [4.69, 9.17) is 0 Å². The molecule has 156 valence electrons. The lowest BCUT2D eigenvalue weighted by molar-refractivity contribution is -0.120. The van der Waals surface area contributed by atoms with Crippen LogP contribution in [0, 0.1) is 12.8 Å². The number of hydrogen-bond acceptors (Lipinski definition) is 3. The Morgan fingerprint density at radius 3 is 2.38 bits per heavy atom. The Kier molecular flexibility index (Phi) is 6.15. The molecule has 1 N–H and O–H groups in total. The Morgan fingerprint density at radius 1 is 1.07 bits per heavy atom. The molecule has 0 aromatic heterocycles. The third-order valence-electron chi connectivity index (χ3n) is 5.41. The summed E-state index contributed by atoms with van der Waals surface area (Å²) in [5.41, 5.74) is 2.77. The van der Waals surface area contributed by atoms with Crippen LogP contribution in [0.25, 0.3) is 0 Å². The highest BCUT2D eigenvalue weighted by Gasteiger charge is 2.33. The van der Waals surface area contributed by atoms with E-state index in [-0.39, 0.29) is 28.7 Å². The van der Waals surface area contributed by atoms with Gasteiger partial charge in [-0.05, 0) is 48.9 Å². The third-order valence-corrected chi connectivity index (χ3v) is 7.29. The van der Waals surface area contributed by atoms with Crippen LogP contribution in [0.2, 0.25) is 0 Å². The third kappa shape index (κ3) is 4.87. The smallest absolute Gasteiger partial charge is 0.243 e. The van der Waals surface area contributed by atoms with Gasteiger partial charge in [0.1, 0.15) is 0 Å². The minimum absolute atomic E-state index is 0.0999. The molecule has 3 rings (SSSR count). The fourth-order valence-electron chi connectivity index (χ4n) is 3.71. The molecule has 1 heterocycles. The molecule has 0 unspecified atom stereocenters. The molecule has 1 aliphatic rings. The Labute approximate surface area is 174 Å². The highest BCUT2D eigenvalue weighted by atomic mass is 32.2. The molecule has 2 aromatic carbocycles. The first kappa shape index (κ1) is 21.5. The topological polar surface area (TPSA) is 66.5 Å². The van der Waals surface area contributed by atoms with Crippen molar-refractivity contribution in [1.82, 2.24) is 4.31 Å². The van der Waals surface area contributed by atoms with Crippen LogP contribution in [0.1, 0.15) is 44.7 Å². The molecule has 6 heteroatoms. The molecule has 0 aliphatic carbocycles. The largest absolute Gasteiger partial charge is 0.326 e. The Hall–Kier alpha value is -2.18. The van der Waals surface area contributed by atoms with Crippen molar-refractivity contribution in [2.75, 3.05) is 18.4 Å². The number of amides is 1. The lowest BCUT2D eigenvalue weighted by atomic mass is 9.85. The van der Waals surface area contributed by atoms with E-state index in [1.165, 1.54) is 4.31 Å². The van der Waals surface area contributed by atoms with Gasteiger partial charge in [-0.15, -0.1) is 0 Å². The van der Waals surface area contributed by atoms with Gasteiger partial charge in [-0.3, -0.25) is 4.79 Å². The fourth-order valence-corrected chi connectivity index (χ4v) is 5.24. The first-order valence-electron chi connectivity index (χ1n) is 10.1. The fraction of sp³-hybridized carbons (Fsp3) is 0.435. The zero-order valence-electron chi connectivity index (χ0n) is 17.6. The van der Waals surface area contributed by atoms with Crippen LogP contribution in [0.4, 0.5) is 5.69 Å². The van der Waals surface area contributed by atoms with E-state index < -0.39 is 10.0 Å². The maximum atomic E-state index is 13.0. The van der Waals surface area contributed by atoms with Crippen molar-refractivity contribution in [1.29, 1.82) is 0 Å². The average Bonchev–Trinajstić information content (AvgIpc) is 2.68. The maximum absolute atomic E-state index is 13.0. The molecule has 0 radical (unpaired) electrons. The second kappa shape index (κ2) is 8.28. The van der Waals surface area contributed by atoms with E-state index in [0.29, 0.717) is 19.4 Å². The molecule has 0 bridgehead atoms. The Balaban J connectivity index is 1.76. The minimum Gasteiger partial charge on any atom is -0.326 e. The molecule has 0 spiro atoms. The summed E-state index contributed by atoms with van der Waals surface area (Å²) < 4.78 is 27.5. The zero-order chi connectivity index (χ0) is 21.2. The lowest BCUT2D eigenvalue weighted by Crippen LogP contribution is -2.43. The van der Waals surface area contributed by atoms with Crippen LogP contribution in [0.5, 0.6) is 0 Å². The number of benzene rings is 2. The molecule has 1 saturated heterocycles.